The van der Waals surface area contributed by atoms with Crippen molar-refractivity contribution >= 4 is 11.9 Å². The highest BCUT2D eigenvalue weighted by molar-refractivity contribution is 5.79. The van der Waals surface area contributed by atoms with E-state index in [0.717, 1.165) is 50.0 Å². The zero-order chi connectivity index (χ0) is 26.9. The van der Waals surface area contributed by atoms with Gasteiger partial charge in [0, 0.05) is 50.6 Å². The van der Waals surface area contributed by atoms with Crippen LogP contribution in [0.4, 0.5) is 10.4 Å². The molecule has 6 rings (SSSR count). The van der Waals surface area contributed by atoms with Crippen molar-refractivity contribution in [1.82, 2.24) is 24.8 Å². The van der Waals surface area contributed by atoms with E-state index in [1.165, 1.54) is 12.5 Å². The summed E-state index contributed by atoms with van der Waals surface area (Å²) in [6.45, 7) is 7.87. The van der Waals surface area contributed by atoms with E-state index in [1.807, 2.05) is 16.9 Å². The smallest absolute Gasteiger partial charge is 0.324 e. The lowest BCUT2D eigenvalue weighted by molar-refractivity contribution is -0.136. The topological polar surface area (TPSA) is 89.5 Å². The second-order valence-corrected chi connectivity index (χ2v) is 11.6. The van der Waals surface area contributed by atoms with Crippen molar-refractivity contribution in [2.24, 2.45) is 17.8 Å². The van der Waals surface area contributed by atoms with E-state index in [0.29, 0.717) is 42.9 Å². The van der Waals surface area contributed by atoms with Gasteiger partial charge in [0.2, 0.25) is 5.91 Å². The van der Waals surface area contributed by atoms with Gasteiger partial charge >= 0.3 is 6.01 Å². The number of aromatic nitrogens is 4. The monoisotopic (exact) mass is 536 g/mol. The van der Waals surface area contributed by atoms with Crippen molar-refractivity contribution in [3.05, 3.63) is 53.9 Å². The number of hydrogen-bond donors (Lipinski definition) is 0. The van der Waals surface area contributed by atoms with Crippen LogP contribution in [0.5, 0.6) is 5.75 Å². The van der Waals surface area contributed by atoms with Crippen molar-refractivity contribution < 1.29 is 18.4 Å². The maximum absolute atomic E-state index is 14.7. The van der Waals surface area contributed by atoms with Gasteiger partial charge in [0.15, 0.2) is 5.82 Å². The highest BCUT2D eigenvalue weighted by Gasteiger charge is 2.43. The van der Waals surface area contributed by atoms with Crippen molar-refractivity contribution in [3.8, 4) is 5.75 Å². The Balaban J connectivity index is 0.896. The minimum atomic E-state index is -0.386. The molecule has 0 radical (unpaired) electrons. The Labute approximate surface area is 228 Å². The molecule has 3 aliphatic rings. The predicted molar refractivity (Wildman–Crippen MR) is 143 cm³/mol. The SMILES string of the molecule is CC(C)c1noc(N2CCC([C@H]3C[C@H]3CCOc3ccc(CC(=O)N4CC(n5cccn5)C4)c(F)c3)CC2)n1. The Morgan fingerprint density at radius 2 is 2.05 bits per heavy atom. The second kappa shape index (κ2) is 11.0. The maximum Gasteiger partial charge on any atom is 0.324 e. The van der Waals surface area contributed by atoms with E-state index in [2.05, 4.69) is 34.0 Å². The van der Waals surface area contributed by atoms with Crippen LogP contribution in [0.1, 0.15) is 62.9 Å². The number of carbonyl (C=O) groups is 1. The van der Waals surface area contributed by atoms with Gasteiger partial charge in [-0.3, -0.25) is 9.48 Å². The molecule has 0 bridgehead atoms. The molecule has 3 aromatic rings. The number of hydrogen-bond acceptors (Lipinski definition) is 7. The van der Waals surface area contributed by atoms with Gasteiger partial charge in [0.05, 0.1) is 19.1 Å². The van der Waals surface area contributed by atoms with Crippen molar-refractivity contribution in [3.63, 3.8) is 0 Å². The summed E-state index contributed by atoms with van der Waals surface area (Å²) in [6.07, 6.45) is 8.23. The molecular weight excluding hydrogens is 499 g/mol. The normalized spacial score (nSPS) is 21.8. The first-order valence-corrected chi connectivity index (χ1v) is 14.2. The van der Waals surface area contributed by atoms with Gasteiger partial charge < -0.3 is 19.1 Å². The molecule has 208 valence electrons. The number of anilines is 1. The molecule has 1 saturated carbocycles. The zero-order valence-corrected chi connectivity index (χ0v) is 22.7. The maximum atomic E-state index is 14.7. The fraction of sp³-hybridized carbons (Fsp3) is 0.586. The molecule has 2 aliphatic heterocycles. The van der Waals surface area contributed by atoms with Gasteiger partial charge in [-0.1, -0.05) is 25.1 Å². The quantitative estimate of drug-likeness (QED) is 0.378. The molecule has 2 saturated heterocycles. The number of rotatable bonds is 10. The number of piperidine rings is 1. The fourth-order valence-electron chi connectivity index (χ4n) is 5.98. The fourth-order valence-corrected chi connectivity index (χ4v) is 5.98. The lowest BCUT2D eigenvalue weighted by Gasteiger charge is -2.39. The number of carbonyl (C=O) groups excluding carboxylic acids is 1. The largest absolute Gasteiger partial charge is 0.493 e. The van der Waals surface area contributed by atoms with E-state index >= 15 is 0 Å². The minimum Gasteiger partial charge on any atom is -0.493 e. The lowest BCUT2D eigenvalue weighted by atomic mass is 9.90. The molecule has 0 spiro atoms. The first kappa shape index (κ1) is 25.8. The summed E-state index contributed by atoms with van der Waals surface area (Å²) in [5.41, 5.74) is 0.407. The van der Waals surface area contributed by atoms with Crippen LogP contribution in [-0.2, 0) is 11.2 Å². The van der Waals surface area contributed by atoms with Crippen LogP contribution in [0.25, 0.3) is 0 Å². The summed E-state index contributed by atoms with van der Waals surface area (Å²) < 4.78 is 27.9. The summed E-state index contributed by atoms with van der Waals surface area (Å²) in [7, 11) is 0. The van der Waals surface area contributed by atoms with Crippen LogP contribution < -0.4 is 9.64 Å². The van der Waals surface area contributed by atoms with Gasteiger partial charge in [0.25, 0.3) is 0 Å². The van der Waals surface area contributed by atoms with Gasteiger partial charge in [-0.15, -0.1) is 0 Å². The number of ether oxygens (including phenoxy) is 1. The van der Waals surface area contributed by atoms with E-state index in [9.17, 15) is 9.18 Å². The van der Waals surface area contributed by atoms with Crippen molar-refractivity contribution in [2.45, 2.75) is 57.9 Å². The summed E-state index contributed by atoms with van der Waals surface area (Å²) in [5.74, 6) is 3.28. The van der Waals surface area contributed by atoms with Crippen molar-refractivity contribution in [1.29, 1.82) is 0 Å². The molecule has 4 heterocycles. The average Bonchev–Trinajstić information content (AvgIpc) is 3.26. The standard InChI is InChI=1S/C29H37FN6O3/c1-19(2)28-32-29(39-33-28)34-11-6-20(7-12-34)25-14-21(25)8-13-38-24-5-4-22(26(30)16-24)15-27(37)35-17-23(18-35)36-10-3-9-31-36/h3-5,9-10,16,19-21,23,25H,6-8,11-15,17-18H2,1-2H3/t21-,25-/m1/s1. The van der Waals surface area contributed by atoms with Crippen LogP contribution in [0, 0.1) is 23.6 Å². The first-order valence-electron chi connectivity index (χ1n) is 14.2. The Kier molecular flexibility index (Phi) is 7.27. The number of benzene rings is 1. The average molecular weight is 537 g/mol. The number of halogens is 1. The molecule has 1 amide bonds. The van der Waals surface area contributed by atoms with E-state index in [1.54, 1.807) is 23.2 Å². The molecule has 2 atom stereocenters. The van der Waals surface area contributed by atoms with E-state index in [4.69, 9.17) is 9.26 Å². The molecule has 1 aromatic carbocycles. The Morgan fingerprint density at radius 3 is 2.74 bits per heavy atom. The number of nitrogens with zero attached hydrogens (tertiary/aromatic N) is 6. The highest BCUT2D eigenvalue weighted by atomic mass is 19.1. The molecule has 3 fully saturated rings. The molecule has 1 aliphatic carbocycles. The molecule has 0 unspecified atom stereocenters. The summed E-state index contributed by atoms with van der Waals surface area (Å²) in [4.78, 5) is 21.1. The molecule has 9 nitrogen and oxygen atoms in total. The third-order valence-corrected chi connectivity index (χ3v) is 8.58. The lowest BCUT2D eigenvalue weighted by Crippen LogP contribution is -2.51. The molecule has 10 heteroatoms. The minimum absolute atomic E-state index is 0.0611. The van der Waals surface area contributed by atoms with Crippen LogP contribution in [0.15, 0.2) is 41.2 Å². The summed E-state index contributed by atoms with van der Waals surface area (Å²) >= 11 is 0. The van der Waals surface area contributed by atoms with Crippen LogP contribution in [-0.4, -0.2) is 63.5 Å². The number of amides is 1. The van der Waals surface area contributed by atoms with E-state index in [-0.39, 0.29) is 30.1 Å². The summed E-state index contributed by atoms with van der Waals surface area (Å²) in [5, 5.41) is 8.31. The van der Waals surface area contributed by atoms with Gasteiger partial charge in [-0.2, -0.15) is 10.1 Å². The van der Waals surface area contributed by atoms with Crippen molar-refractivity contribution in [2.75, 3.05) is 37.7 Å². The Bertz CT molecular complexity index is 1260. The summed E-state index contributed by atoms with van der Waals surface area (Å²) in [6, 6.07) is 7.59. The van der Waals surface area contributed by atoms with E-state index < -0.39 is 0 Å². The van der Waals surface area contributed by atoms with Gasteiger partial charge in [0.1, 0.15) is 11.6 Å². The third-order valence-electron chi connectivity index (χ3n) is 8.58. The van der Waals surface area contributed by atoms with Crippen LogP contribution >= 0.6 is 0 Å². The molecule has 0 N–H and O–H groups in total. The second-order valence-electron chi connectivity index (χ2n) is 11.6. The highest BCUT2D eigenvalue weighted by Crippen LogP contribution is 2.50. The van der Waals surface area contributed by atoms with Crippen LogP contribution in [0.3, 0.4) is 0 Å². The molecule has 39 heavy (non-hydrogen) atoms. The zero-order valence-electron chi connectivity index (χ0n) is 22.7. The Hall–Kier alpha value is -3.43. The molecular formula is C29H37FN6O3. The predicted octanol–water partition coefficient (Wildman–Crippen LogP) is 4.48. The van der Waals surface area contributed by atoms with Gasteiger partial charge in [-0.05, 0) is 61.1 Å². The third kappa shape index (κ3) is 5.79. The Morgan fingerprint density at radius 1 is 1.23 bits per heavy atom. The number of likely N-dealkylation sites (tertiary alicyclic amines) is 1. The van der Waals surface area contributed by atoms with Crippen LogP contribution in [0.2, 0.25) is 0 Å². The molecule has 2 aromatic heterocycles. The van der Waals surface area contributed by atoms with Gasteiger partial charge in [-0.25, -0.2) is 4.39 Å². The first-order chi connectivity index (χ1) is 18.9.